The largest absolute Gasteiger partial charge is 0.394 e. The molecule has 0 bridgehead atoms. The third-order valence-electron chi connectivity index (χ3n) is 4.16. The Labute approximate surface area is 129 Å². The van der Waals surface area contributed by atoms with E-state index in [1.807, 2.05) is 54.6 Å². The first-order valence-corrected chi connectivity index (χ1v) is 7.46. The van der Waals surface area contributed by atoms with Crippen molar-refractivity contribution in [3.63, 3.8) is 0 Å². The van der Waals surface area contributed by atoms with E-state index in [2.05, 4.69) is 0 Å². The Morgan fingerprint density at radius 2 is 1.45 bits per heavy atom. The van der Waals surface area contributed by atoms with Gasteiger partial charge in [0.1, 0.15) is 18.3 Å². The predicted molar refractivity (Wildman–Crippen MR) is 83.3 cm³/mol. The average molecular weight is 300 g/mol. The molecule has 1 heterocycles. The van der Waals surface area contributed by atoms with Crippen LogP contribution in [0.25, 0.3) is 11.1 Å². The molecule has 116 valence electrons. The van der Waals surface area contributed by atoms with E-state index < -0.39 is 24.4 Å². The van der Waals surface area contributed by atoms with E-state index in [1.54, 1.807) is 0 Å². The van der Waals surface area contributed by atoms with E-state index in [9.17, 15) is 15.3 Å². The van der Waals surface area contributed by atoms with Crippen LogP contribution in [0.1, 0.15) is 5.56 Å². The van der Waals surface area contributed by atoms with Crippen molar-refractivity contribution in [1.29, 1.82) is 0 Å². The Balaban J connectivity index is 1.85. The zero-order valence-corrected chi connectivity index (χ0v) is 12.2. The number of ether oxygens (including phenoxy) is 1. The minimum atomic E-state index is -1.04. The van der Waals surface area contributed by atoms with Crippen LogP contribution in [0.5, 0.6) is 0 Å². The highest BCUT2D eigenvalue weighted by molar-refractivity contribution is 5.67. The molecule has 4 atom stereocenters. The van der Waals surface area contributed by atoms with Crippen LogP contribution < -0.4 is 0 Å². The molecule has 1 fully saturated rings. The van der Waals surface area contributed by atoms with Crippen molar-refractivity contribution in [3.8, 4) is 11.1 Å². The van der Waals surface area contributed by atoms with Crippen molar-refractivity contribution >= 4 is 0 Å². The Morgan fingerprint density at radius 3 is 2.14 bits per heavy atom. The van der Waals surface area contributed by atoms with Crippen LogP contribution in [0.3, 0.4) is 0 Å². The second-order valence-corrected chi connectivity index (χ2v) is 5.60. The lowest BCUT2D eigenvalue weighted by molar-refractivity contribution is -0.0215. The number of benzene rings is 2. The van der Waals surface area contributed by atoms with Crippen LogP contribution in [0, 0.1) is 0 Å². The summed E-state index contributed by atoms with van der Waals surface area (Å²) in [6.07, 6.45) is -2.78. The standard InChI is InChI=1S/C18H20O4/c19-11-16-18(21)17(20)15(22-16)10-13-8-4-5-9-14(13)12-6-2-1-3-7-12/h1-9,15-21H,10-11H2/t15-,16+,17-,18+/m0/s1. The first-order valence-electron chi connectivity index (χ1n) is 7.46. The number of hydrogen-bond donors (Lipinski definition) is 3. The highest BCUT2D eigenvalue weighted by Gasteiger charge is 2.42. The number of aliphatic hydroxyl groups is 3. The zero-order chi connectivity index (χ0) is 15.5. The fraction of sp³-hybridized carbons (Fsp3) is 0.333. The maximum Gasteiger partial charge on any atom is 0.111 e. The summed E-state index contributed by atoms with van der Waals surface area (Å²) in [5.41, 5.74) is 3.23. The summed E-state index contributed by atoms with van der Waals surface area (Å²) < 4.78 is 5.58. The van der Waals surface area contributed by atoms with Gasteiger partial charge in [-0.05, 0) is 16.7 Å². The van der Waals surface area contributed by atoms with E-state index in [1.165, 1.54) is 0 Å². The molecule has 0 amide bonds. The highest BCUT2D eigenvalue weighted by Crippen LogP contribution is 2.29. The second kappa shape index (κ2) is 6.58. The van der Waals surface area contributed by atoms with E-state index in [4.69, 9.17) is 4.74 Å². The van der Waals surface area contributed by atoms with Gasteiger partial charge in [0.05, 0.1) is 12.7 Å². The zero-order valence-electron chi connectivity index (χ0n) is 12.2. The summed E-state index contributed by atoms with van der Waals surface area (Å²) in [5, 5.41) is 29.1. The van der Waals surface area contributed by atoms with Gasteiger partial charge in [-0.1, -0.05) is 54.6 Å². The summed E-state index contributed by atoms with van der Waals surface area (Å²) in [6, 6.07) is 18.0. The van der Waals surface area contributed by atoms with Crippen molar-refractivity contribution in [2.75, 3.05) is 6.61 Å². The van der Waals surface area contributed by atoms with Gasteiger partial charge >= 0.3 is 0 Å². The van der Waals surface area contributed by atoms with Crippen LogP contribution in [-0.2, 0) is 11.2 Å². The molecular weight excluding hydrogens is 280 g/mol. The van der Waals surface area contributed by atoms with Gasteiger partial charge in [0.2, 0.25) is 0 Å². The third kappa shape index (κ3) is 2.91. The van der Waals surface area contributed by atoms with Gasteiger partial charge in [-0.25, -0.2) is 0 Å². The highest BCUT2D eigenvalue weighted by atomic mass is 16.6. The van der Waals surface area contributed by atoms with Gasteiger partial charge in [0.25, 0.3) is 0 Å². The van der Waals surface area contributed by atoms with Crippen LogP contribution in [0.2, 0.25) is 0 Å². The van der Waals surface area contributed by atoms with Crippen molar-refractivity contribution < 1.29 is 20.1 Å². The van der Waals surface area contributed by atoms with E-state index >= 15 is 0 Å². The first kappa shape index (κ1) is 15.2. The van der Waals surface area contributed by atoms with Gasteiger partial charge in [0, 0.05) is 6.42 Å². The molecule has 0 aliphatic carbocycles. The monoisotopic (exact) mass is 300 g/mol. The minimum absolute atomic E-state index is 0.297. The smallest absolute Gasteiger partial charge is 0.111 e. The number of hydrogen-bond acceptors (Lipinski definition) is 4. The van der Waals surface area contributed by atoms with Crippen LogP contribution in [0.4, 0.5) is 0 Å². The molecule has 1 saturated heterocycles. The first-order chi connectivity index (χ1) is 10.7. The third-order valence-corrected chi connectivity index (χ3v) is 4.16. The molecule has 4 nitrogen and oxygen atoms in total. The molecule has 4 heteroatoms. The molecule has 2 aromatic carbocycles. The Kier molecular flexibility index (Phi) is 4.55. The van der Waals surface area contributed by atoms with Gasteiger partial charge in [-0.2, -0.15) is 0 Å². The van der Waals surface area contributed by atoms with Crippen LogP contribution >= 0.6 is 0 Å². The molecule has 0 unspecified atom stereocenters. The second-order valence-electron chi connectivity index (χ2n) is 5.60. The van der Waals surface area contributed by atoms with Crippen LogP contribution in [0.15, 0.2) is 54.6 Å². The summed E-state index contributed by atoms with van der Waals surface area (Å²) in [7, 11) is 0. The van der Waals surface area contributed by atoms with Crippen LogP contribution in [-0.4, -0.2) is 46.3 Å². The summed E-state index contributed by atoms with van der Waals surface area (Å²) in [5.74, 6) is 0. The summed E-state index contributed by atoms with van der Waals surface area (Å²) in [6.45, 7) is -0.297. The molecule has 1 aliphatic rings. The molecule has 0 radical (unpaired) electrons. The number of aliphatic hydroxyl groups excluding tert-OH is 3. The number of rotatable bonds is 4. The fourth-order valence-corrected chi connectivity index (χ4v) is 2.96. The average Bonchev–Trinajstić information content (AvgIpc) is 2.84. The topological polar surface area (TPSA) is 69.9 Å². The lowest BCUT2D eigenvalue weighted by Gasteiger charge is -2.17. The molecule has 0 saturated carbocycles. The molecule has 1 aliphatic heterocycles. The van der Waals surface area contributed by atoms with Crippen molar-refractivity contribution in [3.05, 3.63) is 60.2 Å². The molecule has 0 aromatic heterocycles. The lowest BCUT2D eigenvalue weighted by atomic mass is 9.94. The summed E-state index contributed by atoms with van der Waals surface area (Å²) in [4.78, 5) is 0. The van der Waals surface area contributed by atoms with E-state index in [-0.39, 0.29) is 6.61 Å². The SMILES string of the molecule is OC[C@H]1O[C@@H](Cc2ccccc2-c2ccccc2)[C@H](O)[C@@H]1O. The Bertz CT molecular complexity index is 613. The maximum absolute atomic E-state index is 10.1. The molecule has 0 spiro atoms. The van der Waals surface area contributed by atoms with E-state index in [0.29, 0.717) is 6.42 Å². The fourth-order valence-electron chi connectivity index (χ4n) is 2.96. The molecule has 22 heavy (non-hydrogen) atoms. The van der Waals surface area contributed by atoms with Crippen molar-refractivity contribution in [2.24, 2.45) is 0 Å². The van der Waals surface area contributed by atoms with Gasteiger partial charge in [0.15, 0.2) is 0 Å². The molecule has 2 aromatic rings. The van der Waals surface area contributed by atoms with Gasteiger partial charge < -0.3 is 20.1 Å². The van der Waals surface area contributed by atoms with E-state index in [0.717, 1.165) is 16.7 Å². The van der Waals surface area contributed by atoms with Gasteiger partial charge in [-0.3, -0.25) is 0 Å². The predicted octanol–water partition coefficient (Wildman–Crippen LogP) is 1.38. The lowest BCUT2D eigenvalue weighted by Crippen LogP contribution is -2.34. The van der Waals surface area contributed by atoms with Gasteiger partial charge in [-0.15, -0.1) is 0 Å². The molecular formula is C18H20O4. The summed E-state index contributed by atoms with van der Waals surface area (Å²) >= 11 is 0. The molecule has 3 rings (SSSR count). The van der Waals surface area contributed by atoms with Crippen molar-refractivity contribution in [2.45, 2.75) is 30.8 Å². The minimum Gasteiger partial charge on any atom is -0.394 e. The molecule has 3 N–H and O–H groups in total. The Morgan fingerprint density at radius 1 is 0.818 bits per heavy atom. The normalized spacial score (nSPS) is 28.0. The maximum atomic E-state index is 10.1. The Hall–Kier alpha value is -1.72. The van der Waals surface area contributed by atoms with Crippen molar-refractivity contribution in [1.82, 2.24) is 0 Å². The quantitative estimate of drug-likeness (QED) is 0.798.